The van der Waals surface area contributed by atoms with Gasteiger partial charge >= 0.3 is 0 Å². The van der Waals surface area contributed by atoms with Gasteiger partial charge in [0.05, 0.1) is 11.4 Å². The van der Waals surface area contributed by atoms with Gasteiger partial charge in [0.15, 0.2) is 9.84 Å². The number of likely N-dealkylation sites (N-methyl/N-ethyl adjacent to an activating group) is 1. The van der Waals surface area contributed by atoms with E-state index in [1.807, 2.05) is 36.2 Å². The molecule has 0 heterocycles. The van der Waals surface area contributed by atoms with Crippen molar-refractivity contribution in [3.8, 4) is 0 Å². The average Bonchev–Trinajstić information content (AvgIpc) is 2.49. The second-order valence-electron chi connectivity index (χ2n) is 5.65. The minimum atomic E-state index is -3.30. The first-order chi connectivity index (χ1) is 11.2. The Labute approximate surface area is 147 Å². The van der Waals surface area contributed by atoms with Crippen LogP contribution in [0.5, 0.6) is 0 Å². The van der Waals surface area contributed by atoms with Crippen LogP contribution in [0.25, 0.3) is 0 Å². The molecule has 0 saturated heterocycles. The number of nitrogens with one attached hydrogen (secondary N) is 1. The lowest BCUT2D eigenvalue weighted by molar-refractivity contribution is -0.117. The largest absolute Gasteiger partial charge is 0.325 e. The van der Waals surface area contributed by atoms with E-state index < -0.39 is 9.84 Å². The van der Waals surface area contributed by atoms with Gasteiger partial charge in [0.25, 0.3) is 0 Å². The summed E-state index contributed by atoms with van der Waals surface area (Å²) in [4.78, 5) is 14.1. The van der Waals surface area contributed by atoms with Gasteiger partial charge < -0.3 is 5.32 Å². The molecule has 0 aliphatic heterocycles. The third kappa shape index (κ3) is 5.63. The molecule has 24 heavy (non-hydrogen) atoms. The molecule has 0 atom stereocenters. The highest BCUT2D eigenvalue weighted by atomic mass is 35.5. The molecule has 128 valence electrons. The third-order valence-corrected chi connectivity index (χ3v) is 4.69. The Kier molecular flexibility index (Phi) is 5.99. The molecule has 1 N–H and O–H groups in total. The minimum absolute atomic E-state index is 0.176. The van der Waals surface area contributed by atoms with Crippen molar-refractivity contribution in [2.75, 3.05) is 25.2 Å². The lowest BCUT2D eigenvalue weighted by Crippen LogP contribution is -2.29. The fraction of sp³-hybridized carbons (Fsp3) is 0.235. The van der Waals surface area contributed by atoms with Crippen LogP contribution in [-0.2, 0) is 21.2 Å². The van der Waals surface area contributed by atoms with Crippen LogP contribution in [0, 0.1) is 0 Å². The maximum atomic E-state index is 12.1. The van der Waals surface area contributed by atoms with E-state index >= 15 is 0 Å². The summed E-state index contributed by atoms with van der Waals surface area (Å²) >= 11 is 5.85. The smallest absolute Gasteiger partial charge is 0.238 e. The van der Waals surface area contributed by atoms with Gasteiger partial charge in [0.2, 0.25) is 5.91 Å². The summed E-state index contributed by atoms with van der Waals surface area (Å²) in [6.07, 6.45) is 1.13. The number of hydrogen-bond acceptors (Lipinski definition) is 4. The summed E-state index contributed by atoms with van der Waals surface area (Å²) in [6.45, 7) is 0.791. The summed E-state index contributed by atoms with van der Waals surface area (Å²) < 4.78 is 23.1. The van der Waals surface area contributed by atoms with Crippen molar-refractivity contribution in [1.82, 2.24) is 4.90 Å². The summed E-state index contributed by atoms with van der Waals surface area (Å²) in [6, 6.07) is 13.6. The highest BCUT2D eigenvalue weighted by Gasteiger charge is 2.11. The molecule has 0 unspecified atom stereocenters. The van der Waals surface area contributed by atoms with Crippen molar-refractivity contribution in [2.24, 2.45) is 0 Å². The molecule has 0 spiro atoms. The summed E-state index contributed by atoms with van der Waals surface area (Å²) in [5.74, 6) is -0.211. The second-order valence-corrected chi connectivity index (χ2v) is 8.10. The van der Waals surface area contributed by atoms with E-state index in [1.165, 1.54) is 12.1 Å². The van der Waals surface area contributed by atoms with Gasteiger partial charge in [-0.15, -0.1) is 0 Å². The van der Waals surface area contributed by atoms with Crippen molar-refractivity contribution in [3.05, 3.63) is 59.1 Å². The van der Waals surface area contributed by atoms with E-state index in [-0.39, 0.29) is 17.3 Å². The molecule has 2 aromatic carbocycles. The number of halogens is 1. The summed E-state index contributed by atoms with van der Waals surface area (Å²) in [5.41, 5.74) is 1.51. The molecular weight excluding hydrogens is 348 g/mol. The first-order valence-corrected chi connectivity index (χ1v) is 9.54. The van der Waals surface area contributed by atoms with E-state index in [0.717, 1.165) is 11.8 Å². The molecule has 2 aromatic rings. The Morgan fingerprint density at radius 3 is 2.46 bits per heavy atom. The zero-order valence-electron chi connectivity index (χ0n) is 13.5. The predicted octanol–water partition coefficient (Wildman–Crippen LogP) is 2.81. The molecule has 0 bridgehead atoms. The first kappa shape index (κ1) is 18.4. The number of nitrogens with zero attached hydrogens (tertiary/aromatic N) is 1. The topological polar surface area (TPSA) is 66.5 Å². The highest BCUT2D eigenvalue weighted by molar-refractivity contribution is 7.90. The van der Waals surface area contributed by atoms with Crippen LogP contribution in [0.3, 0.4) is 0 Å². The molecule has 5 nitrogen and oxygen atoms in total. The van der Waals surface area contributed by atoms with Gasteiger partial charge in [-0.3, -0.25) is 9.69 Å². The van der Waals surface area contributed by atoms with Crippen LogP contribution in [-0.4, -0.2) is 39.1 Å². The molecule has 0 aliphatic rings. The SMILES string of the molecule is CN(CC(=O)Nc1cccc(S(C)(=O)=O)c1)Cc1ccc(Cl)cc1. The van der Waals surface area contributed by atoms with Gasteiger partial charge in [-0.25, -0.2) is 8.42 Å². The average molecular weight is 367 g/mol. The van der Waals surface area contributed by atoms with E-state index in [1.54, 1.807) is 12.1 Å². The fourth-order valence-electron chi connectivity index (χ4n) is 2.21. The first-order valence-electron chi connectivity index (χ1n) is 7.27. The lowest BCUT2D eigenvalue weighted by Gasteiger charge is -2.16. The second kappa shape index (κ2) is 7.79. The Hall–Kier alpha value is -1.89. The Morgan fingerprint density at radius 2 is 1.83 bits per heavy atom. The van der Waals surface area contributed by atoms with Crippen molar-refractivity contribution in [2.45, 2.75) is 11.4 Å². The van der Waals surface area contributed by atoms with Gasteiger partial charge in [-0.05, 0) is 42.9 Å². The van der Waals surface area contributed by atoms with Crippen molar-refractivity contribution in [1.29, 1.82) is 0 Å². The third-order valence-electron chi connectivity index (χ3n) is 3.33. The van der Waals surface area contributed by atoms with Crippen LogP contribution >= 0.6 is 11.6 Å². The van der Waals surface area contributed by atoms with Gasteiger partial charge in [-0.1, -0.05) is 29.8 Å². The normalized spacial score (nSPS) is 11.5. The van der Waals surface area contributed by atoms with Crippen LogP contribution in [0.1, 0.15) is 5.56 Å². The summed E-state index contributed by atoms with van der Waals surface area (Å²) in [5, 5.41) is 3.39. The zero-order valence-corrected chi connectivity index (χ0v) is 15.1. The van der Waals surface area contributed by atoms with E-state index in [2.05, 4.69) is 5.32 Å². The minimum Gasteiger partial charge on any atom is -0.325 e. The number of rotatable bonds is 6. The Bertz CT molecular complexity index is 820. The number of carbonyl (C=O) groups is 1. The number of sulfone groups is 1. The van der Waals surface area contributed by atoms with E-state index in [0.29, 0.717) is 17.3 Å². The zero-order chi connectivity index (χ0) is 17.7. The predicted molar refractivity (Wildman–Crippen MR) is 96.0 cm³/mol. The van der Waals surface area contributed by atoms with Gasteiger partial charge in [-0.2, -0.15) is 0 Å². The van der Waals surface area contributed by atoms with Crippen LogP contribution in [0.15, 0.2) is 53.4 Å². The van der Waals surface area contributed by atoms with Crippen molar-refractivity contribution >= 4 is 33.0 Å². The van der Waals surface area contributed by atoms with Crippen LogP contribution in [0.2, 0.25) is 5.02 Å². The van der Waals surface area contributed by atoms with Crippen LogP contribution < -0.4 is 5.32 Å². The molecular formula is C17H19ClN2O3S. The van der Waals surface area contributed by atoms with E-state index in [4.69, 9.17) is 11.6 Å². The molecule has 0 radical (unpaired) electrons. The molecule has 2 rings (SSSR count). The molecule has 0 aromatic heterocycles. The van der Waals surface area contributed by atoms with Crippen molar-refractivity contribution < 1.29 is 13.2 Å². The summed E-state index contributed by atoms with van der Waals surface area (Å²) in [7, 11) is -1.47. The highest BCUT2D eigenvalue weighted by Crippen LogP contribution is 2.15. The number of carbonyl (C=O) groups excluding carboxylic acids is 1. The van der Waals surface area contributed by atoms with Gasteiger partial charge in [0, 0.05) is 23.5 Å². The van der Waals surface area contributed by atoms with Crippen LogP contribution in [0.4, 0.5) is 5.69 Å². The molecule has 0 aliphatic carbocycles. The fourth-order valence-corrected chi connectivity index (χ4v) is 3.00. The molecule has 0 saturated carbocycles. The monoisotopic (exact) mass is 366 g/mol. The number of anilines is 1. The van der Waals surface area contributed by atoms with Gasteiger partial charge in [0.1, 0.15) is 0 Å². The molecule has 7 heteroatoms. The Morgan fingerprint density at radius 1 is 1.17 bits per heavy atom. The number of hydrogen-bond donors (Lipinski definition) is 1. The molecule has 1 amide bonds. The maximum absolute atomic E-state index is 12.1. The quantitative estimate of drug-likeness (QED) is 0.853. The lowest BCUT2D eigenvalue weighted by atomic mass is 10.2. The maximum Gasteiger partial charge on any atom is 0.238 e. The Balaban J connectivity index is 1.94. The van der Waals surface area contributed by atoms with Crippen molar-refractivity contribution in [3.63, 3.8) is 0 Å². The van der Waals surface area contributed by atoms with E-state index in [9.17, 15) is 13.2 Å². The number of benzene rings is 2. The molecule has 0 fully saturated rings. The number of amides is 1. The standard InChI is InChI=1S/C17H19ClN2O3S/c1-20(11-13-6-8-14(18)9-7-13)12-17(21)19-15-4-3-5-16(10-15)24(2,22)23/h3-10H,11-12H2,1-2H3,(H,19,21).